The molecule has 4 N–H and O–H groups in total. The Labute approximate surface area is 187 Å². The fourth-order valence-electron chi connectivity index (χ4n) is 9.44. The van der Waals surface area contributed by atoms with E-state index in [0.717, 1.165) is 44.9 Å². The molecule has 0 aromatic heterocycles. The first-order chi connectivity index (χ1) is 14.6. The second-order valence-electron chi connectivity index (χ2n) is 12.1. The van der Waals surface area contributed by atoms with Crippen LogP contribution in [0.4, 0.5) is 0 Å². The van der Waals surface area contributed by atoms with Crippen molar-refractivity contribution in [2.75, 3.05) is 0 Å². The molecule has 4 saturated carbocycles. The highest BCUT2D eigenvalue weighted by Gasteiger charge is 2.67. The molecule has 31 heavy (non-hydrogen) atoms. The van der Waals surface area contributed by atoms with Crippen molar-refractivity contribution in [3.05, 3.63) is 0 Å². The lowest BCUT2D eigenvalue weighted by molar-refractivity contribution is -0.228. The number of rotatable bonds is 5. The molecule has 0 aromatic carbocycles. The number of carboxylic acid groups (broad SMARTS) is 1. The van der Waals surface area contributed by atoms with Gasteiger partial charge in [0.05, 0.1) is 18.3 Å². The van der Waals surface area contributed by atoms with Gasteiger partial charge in [-0.2, -0.15) is 0 Å². The summed E-state index contributed by atoms with van der Waals surface area (Å²) in [5.74, 6) is 1.13. The molecular formula is C26H44O5. The first-order valence-electron chi connectivity index (χ1n) is 12.8. The van der Waals surface area contributed by atoms with Gasteiger partial charge in [-0.1, -0.05) is 34.1 Å². The predicted octanol–water partition coefficient (Wildman–Crippen LogP) is 4.08. The van der Waals surface area contributed by atoms with Crippen molar-refractivity contribution in [3.8, 4) is 0 Å². The van der Waals surface area contributed by atoms with E-state index in [4.69, 9.17) is 5.11 Å². The van der Waals surface area contributed by atoms with Crippen molar-refractivity contribution in [2.45, 2.75) is 104 Å². The number of aliphatic carboxylic acids is 1. The van der Waals surface area contributed by atoms with Gasteiger partial charge in [0.25, 0.3) is 0 Å². The smallest absolute Gasteiger partial charge is 0.303 e. The van der Waals surface area contributed by atoms with E-state index in [0.29, 0.717) is 24.2 Å². The van der Waals surface area contributed by atoms with Crippen LogP contribution in [0.2, 0.25) is 0 Å². The van der Waals surface area contributed by atoms with Crippen LogP contribution >= 0.6 is 0 Å². The highest BCUT2D eigenvalue weighted by molar-refractivity contribution is 5.66. The molecule has 0 aliphatic heterocycles. The van der Waals surface area contributed by atoms with Crippen molar-refractivity contribution < 1.29 is 25.2 Å². The summed E-state index contributed by atoms with van der Waals surface area (Å²) in [5.41, 5.74) is -0.186. The van der Waals surface area contributed by atoms with Crippen LogP contribution in [0.1, 0.15) is 85.5 Å². The minimum absolute atomic E-state index is 0.0686. The zero-order valence-corrected chi connectivity index (χ0v) is 19.8. The molecule has 12 unspecified atom stereocenters. The summed E-state index contributed by atoms with van der Waals surface area (Å²) in [6.45, 7) is 8.96. The van der Waals surface area contributed by atoms with Gasteiger partial charge in [-0.3, -0.25) is 4.79 Å². The highest BCUT2D eigenvalue weighted by Crippen LogP contribution is 2.69. The molecule has 4 aliphatic rings. The molecule has 0 aromatic rings. The predicted molar refractivity (Wildman–Crippen MR) is 119 cm³/mol. The molecule has 4 aliphatic carbocycles. The number of hydrogen-bond donors (Lipinski definition) is 4. The average Bonchev–Trinajstić information content (AvgIpc) is 3.07. The lowest BCUT2D eigenvalue weighted by atomic mass is 9.41. The lowest BCUT2D eigenvalue weighted by Gasteiger charge is -2.65. The Balaban J connectivity index is 1.66. The van der Waals surface area contributed by atoms with Crippen molar-refractivity contribution in [1.29, 1.82) is 0 Å². The van der Waals surface area contributed by atoms with Gasteiger partial charge in [-0.25, -0.2) is 0 Å². The quantitative estimate of drug-likeness (QED) is 0.520. The van der Waals surface area contributed by atoms with Gasteiger partial charge in [-0.15, -0.1) is 0 Å². The van der Waals surface area contributed by atoms with E-state index in [1.165, 1.54) is 0 Å². The minimum atomic E-state index is -0.747. The fraction of sp³-hybridized carbons (Fsp3) is 0.962. The average molecular weight is 437 g/mol. The summed E-state index contributed by atoms with van der Waals surface area (Å²) in [6.07, 6.45) is 6.09. The number of fused-ring (bicyclic) bond motifs is 5. The molecule has 0 radical (unpaired) electrons. The second-order valence-corrected chi connectivity index (χ2v) is 12.1. The molecule has 0 saturated heterocycles. The molecule has 0 bridgehead atoms. The second kappa shape index (κ2) is 8.29. The first-order valence-corrected chi connectivity index (χ1v) is 12.8. The summed E-state index contributed by atoms with van der Waals surface area (Å²) in [7, 11) is 0. The monoisotopic (exact) mass is 436 g/mol. The third-order valence-electron chi connectivity index (χ3n) is 11.1. The molecule has 4 fully saturated rings. The largest absolute Gasteiger partial charge is 0.481 e. The molecule has 0 spiro atoms. The standard InChI is InChI=1S/C26H44O5/c1-5-16-19-12-15(27)10-11-25(19,3)20-13-21(28)26(4)17(14(2)6-9-22(29)30)7-8-18(26)23(20)24(16)31/h14-21,23-24,27-28,31H,5-13H2,1-4H3,(H,29,30). The fourth-order valence-corrected chi connectivity index (χ4v) is 9.44. The van der Waals surface area contributed by atoms with E-state index < -0.39 is 12.1 Å². The zero-order chi connectivity index (χ0) is 22.7. The van der Waals surface area contributed by atoms with E-state index in [1.807, 2.05) is 0 Å². The number of aliphatic hydroxyl groups excluding tert-OH is 3. The van der Waals surface area contributed by atoms with Gasteiger partial charge in [0.15, 0.2) is 0 Å². The van der Waals surface area contributed by atoms with Crippen LogP contribution in [0.15, 0.2) is 0 Å². The summed E-state index contributed by atoms with van der Waals surface area (Å²) >= 11 is 0. The lowest BCUT2D eigenvalue weighted by Crippen LogP contribution is -2.65. The molecule has 0 heterocycles. The normalized spacial score (nSPS) is 52.7. The number of hydrogen-bond acceptors (Lipinski definition) is 4. The maximum atomic E-state index is 11.7. The summed E-state index contributed by atoms with van der Waals surface area (Å²) in [4.78, 5) is 11.1. The Kier molecular flexibility index (Phi) is 6.28. The van der Waals surface area contributed by atoms with E-state index >= 15 is 0 Å². The van der Waals surface area contributed by atoms with Crippen LogP contribution in [0.3, 0.4) is 0 Å². The maximum absolute atomic E-state index is 11.7. The van der Waals surface area contributed by atoms with E-state index in [1.54, 1.807) is 0 Å². The Morgan fingerprint density at radius 1 is 1.03 bits per heavy atom. The molecule has 0 amide bonds. The SMILES string of the molecule is CCC1C(O)C2C(CC(O)C3(C)C(C(C)CCC(=O)O)CCC23)C2(C)CCC(O)CC12. The molecule has 12 atom stereocenters. The van der Waals surface area contributed by atoms with Gasteiger partial charge < -0.3 is 20.4 Å². The first kappa shape index (κ1) is 23.5. The van der Waals surface area contributed by atoms with Crippen LogP contribution in [0.25, 0.3) is 0 Å². The van der Waals surface area contributed by atoms with Crippen molar-refractivity contribution in [3.63, 3.8) is 0 Å². The van der Waals surface area contributed by atoms with Crippen LogP contribution < -0.4 is 0 Å². The topological polar surface area (TPSA) is 98.0 Å². The molecule has 4 rings (SSSR count). The summed E-state index contributed by atoms with van der Waals surface area (Å²) < 4.78 is 0. The number of carboxylic acids is 1. The summed E-state index contributed by atoms with van der Waals surface area (Å²) in [6, 6.07) is 0. The molecule has 5 heteroatoms. The highest BCUT2D eigenvalue weighted by atomic mass is 16.4. The number of carbonyl (C=O) groups is 1. The number of aliphatic hydroxyl groups is 3. The third kappa shape index (κ3) is 3.49. The Bertz CT molecular complexity index is 681. The van der Waals surface area contributed by atoms with Crippen LogP contribution in [-0.2, 0) is 4.79 Å². The van der Waals surface area contributed by atoms with Crippen molar-refractivity contribution in [1.82, 2.24) is 0 Å². The third-order valence-corrected chi connectivity index (χ3v) is 11.1. The minimum Gasteiger partial charge on any atom is -0.481 e. The van der Waals surface area contributed by atoms with Crippen LogP contribution in [0.5, 0.6) is 0 Å². The van der Waals surface area contributed by atoms with Crippen molar-refractivity contribution in [2.24, 2.45) is 52.3 Å². The molecular weight excluding hydrogens is 392 g/mol. The van der Waals surface area contributed by atoms with Gasteiger partial charge in [0.1, 0.15) is 0 Å². The Morgan fingerprint density at radius 2 is 1.74 bits per heavy atom. The van der Waals surface area contributed by atoms with Crippen LogP contribution in [0, 0.1) is 52.3 Å². The van der Waals surface area contributed by atoms with E-state index in [-0.39, 0.29) is 53.1 Å². The molecule has 178 valence electrons. The maximum Gasteiger partial charge on any atom is 0.303 e. The van der Waals surface area contributed by atoms with Gasteiger partial charge in [0.2, 0.25) is 0 Å². The Morgan fingerprint density at radius 3 is 2.39 bits per heavy atom. The van der Waals surface area contributed by atoms with Crippen LogP contribution in [-0.4, -0.2) is 44.7 Å². The molecule has 5 nitrogen and oxygen atoms in total. The van der Waals surface area contributed by atoms with E-state index in [2.05, 4.69) is 27.7 Å². The zero-order valence-electron chi connectivity index (χ0n) is 19.8. The van der Waals surface area contributed by atoms with Gasteiger partial charge >= 0.3 is 5.97 Å². The Hall–Kier alpha value is -0.650. The van der Waals surface area contributed by atoms with Gasteiger partial charge in [-0.05, 0) is 97.2 Å². The van der Waals surface area contributed by atoms with Gasteiger partial charge in [0, 0.05) is 6.42 Å². The summed E-state index contributed by atoms with van der Waals surface area (Å²) in [5, 5.41) is 42.9. The van der Waals surface area contributed by atoms with Crippen molar-refractivity contribution >= 4 is 5.97 Å². The van der Waals surface area contributed by atoms with E-state index in [9.17, 15) is 20.1 Å².